The Balaban J connectivity index is 2.54. The summed E-state index contributed by atoms with van der Waals surface area (Å²) in [6.45, 7) is 0.476. The smallest absolute Gasteiger partial charge is 0.230 e. The molecule has 1 N–H and O–H groups in total. The van der Waals surface area contributed by atoms with Crippen LogP contribution in [0.15, 0.2) is 24.3 Å². The Morgan fingerprint density at radius 2 is 2.15 bits per heavy atom. The zero-order valence-electron chi connectivity index (χ0n) is 6.89. The van der Waals surface area contributed by atoms with E-state index in [1.54, 1.807) is 6.07 Å². The molecule has 0 aliphatic carbocycles. The first kappa shape index (κ1) is 10.5. The fraction of sp³-hybridized carbons (Fsp3) is 0.222. The van der Waals surface area contributed by atoms with Crippen molar-refractivity contribution in [3.8, 4) is 0 Å². The number of carbonyl (C=O) groups is 1. The van der Waals surface area contributed by atoms with Crippen molar-refractivity contribution >= 4 is 33.4 Å². The maximum Gasteiger partial charge on any atom is 0.230 e. The normalized spacial score (nSPS) is 9.69. The molecule has 4 heteroatoms. The van der Waals surface area contributed by atoms with Crippen LogP contribution in [-0.4, -0.2) is 11.2 Å². The van der Waals surface area contributed by atoms with E-state index >= 15 is 0 Å². The van der Waals surface area contributed by atoms with Gasteiger partial charge in [-0.25, -0.2) is 0 Å². The van der Waals surface area contributed by atoms with E-state index in [9.17, 15) is 4.79 Å². The predicted octanol–water partition coefficient (Wildman–Crippen LogP) is 2.35. The first-order chi connectivity index (χ1) is 6.24. The number of rotatable bonds is 3. The SMILES string of the molecule is O=C(CBr)NCc1ccccc1Cl. The summed E-state index contributed by atoms with van der Waals surface area (Å²) < 4.78 is 0. The predicted molar refractivity (Wildman–Crippen MR) is 57.1 cm³/mol. The Labute approximate surface area is 90.4 Å². The average Bonchev–Trinajstić information content (AvgIpc) is 2.16. The minimum absolute atomic E-state index is 0.0417. The molecule has 0 spiro atoms. The second kappa shape index (κ2) is 5.25. The Kier molecular flexibility index (Phi) is 4.25. The lowest BCUT2D eigenvalue weighted by Crippen LogP contribution is -2.23. The highest BCUT2D eigenvalue weighted by Crippen LogP contribution is 2.14. The second-order valence-electron chi connectivity index (χ2n) is 2.50. The van der Waals surface area contributed by atoms with Crippen molar-refractivity contribution in [3.05, 3.63) is 34.9 Å². The minimum atomic E-state index is -0.0417. The first-order valence-electron chi connectivity index (χ1n) is 3.80. The average molecular weight is 263 g/mol. The number of benzene rings is 1. The van der Waals surface area contributed by atoms with Crippen LogP contribution in [-0.2, 0) is 11.3 Å². The van der Waals surface area contributed by atoms with Crippen LogP contribution in [0.2, 0.25) is 5.02 Å². The molecule has 0 heterocycles. The van der Waals surface area contributed by atoms with E-state index in [-0.39, 0.29) is 5.91 Å². The molecule has 0 aliphatic rings. The van der Waals surface area contributed by atoms with Crippen molar-refractivity contribution in [2.75, 3.05) is 5.33 Å². The molecular weight excluding hydrogens is 253 g/mol. The lowest BCUT2D eigenvalue weighted by Gasteiger charge is -2.04. The molecule has 0 aliphatic heterocycles. The van der Waals surface area contributed by atoms with E-state index in [1.165, 1.54) is 0 Å². The highest BCUT2D eigenvalue weighted by atomic mass is 79.9. The summed E-state index contributed by atoms with van der Waals surface area (Å²) in [4.78, 5) is 10.9. The molecule has 1 aromatic rings. The van der Waals surface area contributed by atoms with E-state index in [4.69, 9.17) is 11.6 Å². The maximum absolute atomic E-state index is 10.9. The first-order valence-corrected chi connectivity index (χ1v) is 5.30. The van der Waals surface area contributed by atoms with Gasteiger partial charge in [0.2, 0.25) is 5.91 Å². The van der Waals surface area contributed by atoms with Gasteiger partial charge in [0, 0.05) is 11.6 Å². The Morgan fingerprint density at radius 3 is 2.77 bits per heavy atom. The van der Waals surface area contributed by atoms with Gasteiger partial charge in [-0.3, -0.25) is 4.79 Å². The number of hydrogen-bond donors (Lipinski definition) is 1. The van der Waals surface area contributed by atoms with Crippen molar-refractivity contribution in [1.82, 2.24) is 5.32 Å². The monoisotopic (exact) mass is 261 g/mol. The molecule has 0 atom stereocenters. The number of halogens is 2. The van der Waals surface area contributed by atoms with Crippen molar-refractivity contribution in [2.45, 2.75) is 6.54 Å². The molecule has 0 aromatic heterocycles. The van der Waals surface area contributed by atoms with Gasteiger partial charge in [-0.1, -0.05) is 45.7 Å². The summed E-state index contributed by atoms with van der Waals surface area (Å²) in [7, 11) is 0. The van der Waals surface area contributed by atoms with Gasteiger partial charge in [0.1, 0.15) is 0 Å². The van der Waals surface area contributed by atoms with E-state index in [0.29, 0.717) is 16.9 Å². The lowest BCUT2D eigenvalue weighted by atomic mass is 10.2. The van der Waals surface area contributed by atoms with E-state index in [0.717, 1.165) is 5.56 Å². The summed E-state index contributed by atoms with van der Waals surface area (Å²) >= 11 is 8.95. The van der Waals surface area contributed by atoms with E-state index in [2.05, 4.69) is 21.2 Å². The van der Waals surface area contributed by atoms with Gasteiger partial charge in [-0.05, 0) is 11.6 Å². The van der Waals surface area contributed by atoms with Crippen LogP contribution in [0, 0.1) is 0 Å². The fourth-order valence-corrected chi connectivity index (χ4v) is 1.28. The molecule has 0 bridgehead atoms. The molecule has 0 fully saturated rings. The van der Waals surface area contributed by atoms with Gasteiger partial charge in [0.25, 0.3) is 0 Å². The molecular formula is C9H9BrClNO. The quantitative estimate of drug-likeness (QED) is 0.833. The molecule has 1 amide bonds. The van der Waals surface area contributed by atoms with Gasteiger partial charge in [-0.15, -0.1) is 0 Å². The summed E-state index contributed by atoms with van der Waals surface area (Å²) in [5.74, 6) is -0.0417. The minimum Gasteiger partial charge on any atom is -0.351 e. The number of carbonyl (C=O) groups excluding carboxylic acids is 1. The number of alkyl halides is 1. The summed E-state index contributed by atoms with van der Waals surface area (Å²) in [5, 5.41) is 3.71. The largest absolute Gasteiger partial charge is 0.351 e. The lowest BCUT2D eigenvalue weighted by molar-refractivity contribution is -0.118. The van der Waals surface area contributed by atoms with Crippen molar-refractivity contribution in [3.63, 3.8) is 0 Å². The van der Waals surface area contributed by atoms with Crippen LogP contribution >= 0.6 is 27.5 Å². The van der Waals surface area contributed by atoms with Crippen molar-refractivity contribution < 1.29 is 4.79 Å². The third kappa shape index (κ3) is 3.36. The van der Waals surface area contributed by atoms with Crippen LogP contribution in [0.4, 0.5) is 0 Å². The molecule has 0 saturated carbocycles. The van der Waals surface area contributed by atoms with Crippen molar-refractivity contribution in [1.29, 1.82) is 0 Å². The van der Waals surface area contributed by atoms with Gasteiger partial charge in [0.05, 0.1) is 5.33 Å². The molecule has 0 radical (unpaired) electrons. The van der Waals surface area contributed by atoms with Crippen molar-refractivity contribution in [2.24, 2.45) is 0 Å². The summed E-state index contributed by atoms with van der Waals surface area (Å²) in [6.07, 6.45) is 0. The van der Waals surface area contributed by atoms with Crippen LogP contribution in [0.25, 0.3) is 0 Å². The zero-order chi connectivity index (χ0) is 9.68. The number of amides is 1. The Morgan fingerprint density at radius 1 is 1.46 bits per heavy atom. The topological polar surface area (TPSA) is 29.1 Å². The number of hydrogen-bond acceptors (Lipinski definition) is 1. The molecule has 1 aromatic carbocycles. The van der Waals surface area contributed by atoms with Gasteiger partial charge in [-0.2, -0.15) is 0 Å². The molecule has 1 rings (SSSR count). The fourth-order valence-electron chi connectivity index (χ4n) is 0.883. The van der Waals surface area contributed by atoms with E-state index < -0.39 is 0 Å². The highest BCUT2D eigenvalue weighted by molar-refractivity contribution is 9.09. The standard InChI is InChI=1S/C9H9BrClNO/c10-5-9(13)12-6-7-3-1-2-4-8(7)11/h1-4H,5-6H2,(H,12,13). The molecule has 13 heavy (non-hydrogen) atoms. The molecule has 2 nitrogen and oxygen atoms in total. The number of nitrogens with one attached hydrogen (secondary N) is 1. The summed E-state index contributed by atoms with van der Waals surface area (Å²) in [6, 6.07) is 7.44. The summed E-state index contributed by atoms with van der Waals surface area (Å²) in [5.41, 5.74) is 0.929. The molecule has 0 saturated heterocycles. The van der Waals surface area contributed by atoms with Crippen LogP contribution < -0.4 is 5.32 Å². The Bertz CT molecular complexity index is 303. The third-order valence-corrected chi connectivity index (χ3v) is 2.43. The van der Waals surface area contributed by atoms with Crippen LogP contribution in [0.3, 0.4) is 0 Å². The van der Waals surface area contributed by atoms with Gasteiger partial charge >= 0.3 is 0 Å². The van der Waals surface area contributed by atoms with Gasteiger partial charge < -0.3 is 5.32 Å². The molecule has 0 unspecified atom stereocenters. The second-order valence-corrected chi connectivity index (χ2v) is 3.47. The zero-order valence-corrected chi connectivity index (χ0v) is 9.23. The molecule has 70 valence electrons. The van der Waals surface area contributed by atoms with Crippen LogP contribution in [0.1, 0.15) is 5.56 Å². The van der Waals surface area contributed by atoms with Crippen LogP contribution in [0.5, 0.6) is 0 Å². The highest BCUT2D eigenvalue weighted by Gasteiger charge is 2.00. The van der Waals surface area contributed by atoms with Gasteiger partial charge in [0.15, 0.2) is 0 Å². The third-order valence-electron chi connectivity index (χ3n) is 1.56. The van der Waals surface area contributed by atoms with E-state index in [1.807, 2.05) is 18.2 Å². The Hall–Kier alpha value is -0.540. The maximum atomic E-state index is 10.9.